The summed E-state index contributed by atoms with van der Waals surface area (Å²) in [5.74, 6) is 0.0688. The maximum atomic E-state index is 11.0. The van der Waals surface area contributed by atoms with E-state index in [0.717, 1.165) is 6.54 Å². The standard InChI is InChI=1S/C13H19NO5/c1-8-4-14(6-11(7-15)18-8)5-10-3-12(13(16)17)9(2)19-10/h3,8,11,15H,4-7H2,1-2H3,(H,16,17). The van der Waals surface area contributed by atoms with Crippen LogP contribution in [-0.2, 0) is 11.3 Å². The first-order chi connectivity index (χ1) is 8.99. The Morgan fingerprint density at radius 2 is 2.26 bits per heavy atom. The number of hydrogen-bond donors (Lipinski definition) is 2. The highest BCUT2D eigenvalue weighted by Crippen LogP contribution is 2.19. The summed E-state index contributed by atoms with van der Waals surface area (Å²) in [5.41, 5.74) is 0.204. The first-order valence-electron chi connectivity index (χ1n) is 6.31. The van der Waals surface area contributed by atoms with Crippen molar-refractivity contribution in [2.45, 2.75) is 32.6 Å². The molecule has 2 atom stereocenters. The van der Waals surface area contributed by atoms with Crippen LogP contribution < -0.4 is 0 Å². The van der Waals surface area contributed by atoms with Gasteiger partial charge in [0.05, 0.1) is 25.4 Å². The van der Waals surface area contributed by atoms with E-state index < -0.39 is 5.97 Å². The first-order valence-corrected chi connectivity index (χ1v) is 6.31. The summed E-state index contributed by atoms with van der Waals surface area (Å²) in [5, 5.41) is 18.1. The van der Waals surface area contributed by atoms with Gasteiger partial charge in [-0.2, -0.15) is 0 Å². The van der Waals surface area contributed by atoms with Crippen LogP contribution in [-0.4, -0.2) is 53.0 Å². The van der Waals surface area contributed by atoms with E-state index in [1.165, 1.54) is 0 Å². The molecule has 0 aromatic carbocycles. The lowest BCUT2D eigenvalue weighted by atomic mass is 10.2. The van der Waals surface area contributed by atoms with Crippen molar-refractivity contribution in [3.05, 3.63) is 23.2 Å². The molecule has 1 aromatic heterocycles. The monoisotopic (exact) mass is 269 g/mol. The van der Waals surface area contributed by atoms with Crippen molar-refractivity contribution in [2.24, 2.45) is 0 Å². The Labute approximate surface area is 111 Å². The number of aliphatic hydroxyl groups is 1. The lowest BCUT2D eigenvalue weighted by Gasteiger charge is -2.35. The van der Waals surface area contributed by atoms with Crippen LogP contribution in [0, 0.1) is 6.92 Å². The van der Waals surface area contributed by atoms with Gasteiger partial charge in [-0.25, -0.2) is 4.79 Å². The molecule has 106 valence electrons. The highest BCUT2D eigenvalue weighted by molar-refractivity contribution is 5.88. The van der Waals surface area contributed by atoms with Gasteiger partial charge >= 0.3 is 5.97 Å². The lowest BCUT2D eigenvalue weighted by molar-refractivity contribution is -0.0983. The maximum Gasteiger partial charge on any atom is 0.339 e. The number of rotatable bonds is 4. The third-order valence-electron chi connectivity index (χ3n) is 3.18. The second kappa shape index (κ2) is 5.73. The number of aliphatic hydroxyl groups excluding tert-OH is 1. The minimum atomic E-state index is -0.976. The van der Waals surface area contributed by atoms with Crippen molar-refractivity contribution in [2.75, 3.05) is 19.7 Å². The van der Waals surface area contributed by atoms with Crippen molar-refractivity contribution >= 4 is 5.97 Å². The zero-order valence-corrected chi connectivity index (χ0v) is 11.1. The molecule has 0 amide bonds. The van der Waals surface area contributed by atoms with Crippen molar-refractivity contribution < 1.29 is 24.2 Å². The van der Waals surface area contributed by atoms with Crippen LogP contribution in [0.25, 0.3) is 0 Å². The first kappa shape index (κ1) is 14.0. The molecule has 2 N–H and O–H groups in total. The third kappa shape index (κ3) is 3.34. The van der Waals surface area contributed by atoms with Gasteiger partial charge in [-0.15, -0.1) is 0 Å². The van der Waals surface area contributed by atoms with Gasteiger partial charge in [0.25, 0.3) is 0 Å². The van der Waals surface area contributed by atoms with Crippen LogP contribution in [0.15, 0.2) is 10.5 Å². The fraction of sp³-hybridized carbons (Fsp3) is 0.615. The van der Waals surface area contributed by atoms with E-state index in [0.29, 0.717) is 24.6 Å². The smallest absolute Gasteiger partial charge is 0.339 e. The van der Waals surface area contributed by atoms with Crippen molar-refractivity contribution in [3.8, 4) is 0 Å². The number of carboxylic acids is 1. The van der Waals surface area contributed by atoms with Crippen molar-refractivity contribution in [1.82, 2.24) is 4.90 Å². The fourth-order valence-corrected chi connectivity index (χ4v) is 2.42. The second-order valence-electron chi connectivity index (χ2n) is 4.93. The van der Waals surface area contributed by atoms with Gasteiger partial charge in [-0.05, 0) is 19.9 Å². The number of aryl methyl sites for hydroxylation is 1. The minimum Gasteiger partial charge on any atom is -0.478 e. The van der Waals surface area contributed by atoms with Gasteiger partial charge in [0.2, 0.25) is 0 Å². The molecule has 0 radical (unpaired) electrons. The number of morpholine rings is 1. The fourth-order valence-electron chi connectivity index (χ4n) is 2.42. The molecule has 1 aromatic rings. The number of carboxylic acid groups (broad SMARTS) is 1. The van der Waals surface area contributed by atoms with Crippen LogP contribution in [0.4, 0.5) is 0 Å². The molecule has 2 heterocycles. The minimum absolute atomic E-state index is 0.0155. The number of ether oxygens (including phenoxy) is 1. The lowest BCUT2D eigenvalue weighted by Crippen LogP contribution is -2.47. The zero-order chi connectivity index (χ0) is 14.0. The van der Waals surface area contributed by atoms with Crippen LogP contribution >= 0.6 is 0 Å². The molecule has 0 spiro atoms. The summed E-state index contributed by atoms with van der Waals surface area (Å²) in [4.78, 5) is 13.0. The molecule has 0 saturated carbocycles. The van der Waals surface area contributed by atoms with Gasteiger partial charge in [0.1, 0.15) is 17.1 Å². The van der Waals surface area contributed by atoms with E-state index in [9.17, 15) is 4.79 Å². The number of hydrogen-bond acceptors (Lipinski definition) is 5. The molecule has 19 heavy (non-hydrogen) atoms. The van der Waals surface area contributed by atoms with Gasteiger partial charge in [-0.3, -0.25) is 4.90 Å². The summed E-state index contributed by atoms with van der Waals surface area (Å²) in [7, 11) is 0. The number of carbonyl (C=O) groups is 1. The molecule has 0 bridgehead atoms. The Bertz CT molecular complexity index is 456. The Balaban J connectivity index is 2.04. The van der Waals surface area contributed by atoms with Crippen LogP contribution in [0.1, 0.15) is 28.8 Å². The molecule has 2 rings (SSSR count). The van der Waals surface area contributed by atoms with Crippen LogP contribution in [0.3, 0.4) is 0 Å². The summed E-state index contributed by atoms with van der Waals surface area (Å²) in [6.45, 7) is 5.45. The van der Waals surface area contributed by atoms with Crippen molar-refractivity contribution in [3.63, 3.8) is 0 Å². The zero-order valence-electron chi connectivity index (χ0n) is 11.1. The Morgan fingerprint density at radius 1 is 1.53 bits per heavy atom. The molecule has 1 fully saturated rings. The molecule has 6 heteroatoms. The summed E-state index contributed by atoms with van der Waals surface area (Å²) >= 11 is 0. The molecule has 1 aliphatic heterocycles. The Morgan fingerprint density at radius 3 is 2.84 bits per heavy atom. The van der Waals surface area contributed by atoms with Crippen LogP contribution in [0.2, 0.25) is 0 Å². The van der Waals surface area contributed by atoms with Crippen molar-refractivity contribution in [1.29, 1.82) is 0 Å². The van der Waals surface area contributed by atoms with E-state index >= 15 is 0 Å². The van der Waals surface area contributed by atoms with E-state index in [-0.39, 0.29) is 24.4 Å². The van der Waals surface area contributed by atoms with E-state index in [2.05, 4.69) is 4.90 Å². The van der Waals surface area contributed by atoms with Gasteiger partial charge in [-0.1, -0.05) is 0 Å². The predicted molar refractivity (Wildman–Crippen MR) is 67.1 cm³/mol. The largest absolute Gasteiger partial charge is 0.478 e. The number of aromatic carboxylic acids is 1. The molecular formula is C13H19NO5. The molecular weight excluding hydrogens is 250 g/mol. The number of furan rings is 1. The SMILES string of the molecule is Cc1oc(CN2CC(C)OC(CO)C2)cc1C(=O)O. The normalized spacial score (nSPS) is 24.6. The Kier molecular flexibility index (Phi) is 4.24. The second-order valence-corrected chi connectivity index (χ2v) is 4.93. The molecule has 1 aliphatic rings. The summed E-state index contributed by atoms with van der Waals surface area (Å²) in [6, 6.07) is 1.56. The van der Waals surface area contributed by atoms with Crippen LogP contribution in [0.5, 0.6) is 0 Å². The van der Waals surface area contributed by atoms with Gasteiger partial charge in [0.15, 0.2) is 0 Å². The van der Waals surface area contributed by atoms with Gasteiger partial charge < -0.3 is 19.4 Å². The van der Waals surface area contributed by atoms with E-state index in [1.807, 2.05) is 6.92 Å². The highest BCUT2D eigenvalue weighted by atomic mass is 16.5. The highest BCUT2D eigenvalue weighted by Gasteiger charge is 2.26. The molecule has 2 unspecified atom stereocenters. The number of nitrogens with zero attached hydrogens (tertiary/aromatic N) is 1. The Hall–Kier alpha value is -1.37. The van der Waals surface area contributed by atoms with E-state index in [4.69, 9.17) is 19.4 Å². The quantitative estimate of drug-likeness (QED) is 0.844. The molecule has 1 saturated heterocycles. The molecule has 0 aliphatic carbocycles. The third-order valence-corrected chi connectivity index (χ3v) is 3.18. The maximum absolute atomic E-state index is 11.0. The summed E-state index contributed by atoms with van der Waals surface area (Å²) < 4.78 is 11.0. The average molecular weight is 269 g/mol. The molecule has 6 nitrogen and oxygen atoms in total. The average Bonchev–Trinajstić information content (AvgIpc) is 2.69. The summed E-state index contributed by atoms with van der Waals surface area (Å²) in [6.07, 6.45) is -0.153. The topological polar surface area (TPSA) is 83.1 Å². The van der Waals surface area contributed by atoms with E-state index in [1.54, 1.807) is 13.0 Å². The van der Waals surface area contributed by atoms with Gasteiger partial charge in [0, 0.05) is 13.1 Å². The predicted octanol–water partition coefficient (Wildman–Crippen LogP) is 0.868.